The minimum Gasteiger partial charge on any atom is -0.497 e. The van der Waals surface area contributed by atoms with E-state index >= 15 is 0 Å². The lowest BCUT2D eigenvalue weighted by atomic mass is 9.64. The highest BCUT2D eigenvalue weighted by Crippen LogP contribution is 2.55. The van der Waals surface area contributed by atoms with Crippen molar-refractivity contribution in [2.24, 2.45) is 17.8 Å². The number of ether oxygens (including phenoxy) is 2. The maximum absolute atomic E-state index is 14.1. The van der Waals surface area contributed by atoms with Gasteiger partial charge in [-0.25, -0.2) is 4.90 Å². The fourth-order valence-electron chi connectivity index (χ4n) is 6.28. The van der Waals surface area contributed by atoms with Gasteiger partial charge in [-0.15, -0.1) is 0 Å². The van der Waals surface area contributed by atoms with E-state index in [1.165, 1.54) is 4.90 Å². The van der Waals surface area contributed by atoms with E-state index in [4.69, 9.17) is 21.1 Å². The number of hydrogen-bond donors (Lipinski definition) is 0. The number of anilines is 1. The third kappa shape index (κ3) is 3.52. The quantitative estimate of drug-likeness (QED) is 0.182. The average molecular weight is 536 g/mol. The first-order chi connectivity index (χ1) is 19.0. The molecule has 7 rings (SSSR count). The zero-order valence-electron chi connectivity index (χ0n) is 20.8. The summed E-state index contributed by atoms with van der Waals surface area (Å²) in [6.07, 6.45) is 1.98. The number of methoxy groups -OCH3 is 1. The molecule has 0 radical (unpaired) electrons. The normalized spacial score (nSPS) is 23.6. The van der Waals surface area contributed by atoms with Gasteiger partial charge in [-0.3, -0.25) is 14.4 Å². The van der Waals surface area contributed by atoms with Gasteiger partial charge in [0.2, 0.25) is 11.8 Å². The number of halogens is 1. The summed E-state index contributed by atoms with van der Waals surface area (Å²) in [6, 6.07) is 25.7. The van der Waals surface area contributed by atoms with Crippen molar-refractivity contribution in [3.63, 3.8) is 0 Å². The summed E-state index contributed by atoms with van der Waals surface area (Å²) in [5.41, 5.74) is 2.76. The van der Waals surface area contributed by atoms with Crippen LogP contribution < -0.4 is 14.4 Å². The molecule has 0 bridgehead atoms. The number of benzene rings is 4. The first-order valence-electron chi connectivity index (χ1n) is 12.7. The highest BCUT2D eigenvalue weighted by molar-refractivity contribution is 6.31. The van der Waals surface area contributed by atoms with Crippen molar-refractivity contribution in [3.05, 3.63) is 107 Å². The van der Waals surface area contributed by atoms with Crippen LogP contribution in [0.15, 0.2) is 91.0 Å². The first-order valence-corrected chi connectivity index (χ1v) is 13.1. The maximum atomic E-state index is 14.1. The SMILES string of the molecule is COc1ccc([C@@H]2C=C3c4ccc5ccccc5c4OC(=O)[C@@H]3[C@H]3C(=O)N(c4ccc(Cl)cc4)C(=O)[C@@H]32)cc1. The van der Waals surface area contributed by atoms with Crippen molar-refractivity contribution in [3.8, 4) is 11.5 Å². The van der Waals surface area contributed by atoms with Gasteiger partial charge in [0.15, 0.2) is 0 Å². The fourth-order valence-corrected chi connectivity index (χ4v) is 6.41. The van der Waals surface area contributed by atoms with E-state index in [2.05, 4.69) is 0 Å². The highest BCUT2D eigenvalue weighted by atomic mass is 35.5. The standard InChI is InChI=1S/C32H22ClNO5/c1-38-21-13-6-18(7-14-21)24-16-25-23-15-8-17-4-2-3-5-22(17)29(23)39-32(37)27(25)28-26(24)30(35)34(31(28)36)20-11-9-19(33)10-12-20/h2-16,24,26-28H,1H3/t24-,26+,27-,28-/m0/s1. The number of allylic oxidation sites excluding steroid dienone is 1. The zero-order valence-corrected chi connectivity index (χ0v) is 21.6. The largest absolute Gasteiger partial charge is 0.497 e. The Hall–Kier alpha value is -4.42. The second kappa shape index (κ2) is 8.82. The summed E-state index contributed by atoms with van der Waals surface area (Å²) in [5, 5.41) is 2.27. The minimum absolute atomic E-state index is 0.347. The minimum atomic E-state index is -0.910. The molecule has 1 aliphatic carbocycles. The van der Waals surface area contributed by atoms with E-state index in [0.717, 1.165) is 21.9 Å². The molecule has 1 saturated heterocycles. The molecule has 0 N–H and O–H groups in total. The molecule has 0 aromatic heterocycles. The molecule has 0 spiro atoms. The van der Waals surface area contributed by atoms with Crippen LogP contribution in [0.3, 0.4) is 0 Å². The lowest BCUT2D eigenvalue weighted by molar-refractivity contribution is -0.142. The summed E-state index contributed by atoms with van der Waals surface area (Å²) >= 11 is 6.07. The van der Waals surface area contributed by atoms with Gasteiger partial charge in [-0.2, -0.15) is 0 Å². The molecule has 4 aromatic carbocycles. The topological polar surface area (TPSA) is 72.9 Å². The van der Waals surface area contributed by atoms with Crippen molar-refractivity contribution in [2.45, 2.75) is 5.92 Å². The van der Waals surface area contributed by atoms with Crippen molar-refractivity contribution >= 4 is 51.4 Å². The van der Waals surface area contributed by atoms with Gasteiger partial charge in [0.25, 0.3) is 0 Å². The second-order valence-electron chi connectivity index (χ2n) is 10.0. The number of carbonyl (C=O) groups excluding carboxylic acids is 3. The lowest BCUT2D eigenvalue weighted by Gasteiger charge is -2.38. The van der Waals surface area contributed by atoms with Gasteiger partial charge in [0, 0.05) is 21.9 Å². The molecule has 1 fully saturated rings. The summed E-state index contributed by atoms with van der Waals surface area (Å²) < 4.78 is 11.3. The van der Waals surface area contributed by atoms with Gasteiger partial charge in [-0.05, 0) is 52.9 Å². The average Bonchev–Trinajstić information content (AvgIpc) is 3.23. The van der Waals surface area contributed by atoms with Crippen molar-refractivity contribution in [2.75, 3.05) is 12.0 Å². The fraction of sp³-hybridized carbons (Fsp3) is 0.156. The van der Waals surface area contributed by atoms with Crippen molar-refractivity contribution in [1.29, 1.82) is 0 Å². The predicted molar refractivity (Wildman–Crippen MR) is 148 cm³/mol. The molecule has 4 aromatic rings. The van der Waals surface area contributed by atoms with Crippen LogP contribution in [0.25, 0.3) is 16.3 Å². The Bertz CT molecular complexity index is 1710. The molecule has 6 nitrogen and oxygen atoms in total. The van der Waals surface area contributed by atoms with Crippen LogP contribution in [-0.2, 0) is 14.4 Å². The zero-order chi connectivity index (χ0) is 26.8. The third-order valence-electron chi connectivity index (χ3n) is 8.07. The number of amides is 2. The second-order valence-corrected chi connectivity index (χ2v) is 10.5. The van der Waals surface area contributed by atoms with E-state index in [1.54, 1.807) is 31.4 Å². The number of carbonyl (C=O) groups is 3. The summed E-state index contributed by atoms with van der Waals surface area (Å²) in [4.78, 5) is 42.9. The van der Waals surface area contributed by atoms with Crippen molar-refractivity contribution in [1.82, 2.24) is 0 Å². The molecule has 2 aliphatic heterocycles. The molecule has 4 atom stereocenters. The number of nitrogens with zero attached hydrogens (tertiary/aromatic N) is 1. The van der Waals surface area contributed by atoms with Gasteiger partial charge in [0.1, 0.15) is 11.5 Å². The number of esters is 1. The maximum Gasteiger partial charge on any atom is 0.319 e. The first kappa shape index (κ1) is 23.7. The number of fused-ring (bicyclic) bond motifs is 7. The van der Waals surface area contributed by atoms with Crippen LogP contribution in [0.4, 0.5) is 5.69 Å². The Labute approximate surface area is 229 Å². The van der Waals surface area contributed by atoms with Crippen LogP contribution in [-0.4, -0.2) is 24.9 Å². The molecule has 192 valence electrons. The number of rotatable bonds is 3. The Morgan fingerprint density at radius 2 is 1.54 bits per heavy atom. The predicted octanol–water partition coefficient (Wildman–Crippen LogP) is 6.02. The number of hydrogen-bond acceptors (Lipinski definition) is 5. The van der Waals surface area contributed by atoms with Crippen LogP contribution >= 0.6 is 11.6 Å². The van der Waals surface area contributed by atoms with Crippen LogP contribution in [0.1, 0.15) is 17.0 Å². The third-order valence-corrected chi connectivity index (χ3v) is 8.32. The van der Waals surface area contributed by atoms with Gasteiger partial charge < -0.3 is 9.47 Å². The summed E-state index contributed by atoms with van der Waals surface area (Å²) in [5.74, 6) is -3.13. The Kier molecular flexibility index (Phi) is 5.35. The van der Waals surface area contributed by atoms with Crippen LogP contribution in [0.2, 0.25) is 5.02 Å². The Morgan fingerprint density at radius 3 is 2.28 bits per heavy atom. The molecule has 0 saturated carbocycles. The monoisotopic (exact) mass is 535 g/mol. The molecular weight excluding hydrogens is 514 g/mol. The van der Waals surface area contributed by atoms with Gasteiger partial charge in [-0.1, -0.05) is 66.2 Å². The molecule has 39 heavy (non-hydrogen) atoms. The molecule has 0 unspecified atom stereocenters. The smallest absolute Gasteiger partial charge is 0.319 e. The summed E-state index contributed by atoms with van der Waals surface area (Å²) in [6.45, 7) is 0. The lowest BCUT2D eigenvalue weighted by Crippen LogP contribution is -2.42. The molecular formula is C32H22ClNO5. The van der Waals surface area contributed by atoms with Crippen molar-refractivity contribution < 1.29 is 23.9 Å². The molecule has 2 amide bonds. The molecule has 7 heteroatoms. The van der Waals surface area contributed by atoms with E-state index in [0.29, 0.717) is 27.8 Å². The van der Waals surface area contributed by atoms with Crippen LogP contribution in [0.5, 0.6) is 11.5 Å². The van der Waals surface area contributed by atoms with E-state index in [9.17, 15) is 14.4 Å². The summed E-state index contributed by atoms with van der Waals surface area (Å²) in [7, 11) is 1.59. The Morgan fingerprint density at radius 1 is 0.821 bits per heavy atom. The number of imide groups is 1. The Balaban J connectivity index is 1.43. The van der Waals surface area contributed by atoms with Crippen LogP contribution in [0, 0.1) is 17.8 Å². The van der Waals surface area contributed by atoms with Gasteiger partial charge >= 0.3 is 5.97 Å². The molecule has 2 heterocycles. The van der Waals surface area contributed by atoms with E-state index in [1.807, 2.05) is 66.7 Å². The highest BCUT2D eigenvalue weighted by Gasteiger charge is 2.60. The van der Waals surface area contributed by atoms with E-state index < -0.39 is 35.5 Å². The molecule has 3 aliphatic rings. The van der Waals surface area contributed by atoms with E-state index in [-0.39, 0.29) is 5.91 Å². The van der Waals surface area contributed by atoms with Gasteiger partial charge in [0.05, 0.1) is 30.6 Å².